The van der Waals surface area contributed by atoms with E-state index in [4.69, 9.17) is 9.52 Å². The lowest BCUT2D eigenvalue weighted by Gasteiger charge is -2.46. The largest absolute Gasteiger partial charge is 0.465 e. The lowest BCUT2D eigenvalue weighted by atomic mass is 9.79. The zero-order valence-corrected chi connectivity index (χ0v) is 14.4. The number of anilines is 1. The Morgan fingerprint density at radius 3 is 2.74 bits per heavy atom. The Balaban J connectivity index is 1.50. The fourth-order valence-electron chi connectivity index (χ4n) is 4.34. The highest BCUT2D eigenvalue weighted by Gasteiger charge is 2.49. The summed E-state index contributed by atoms with van der Waals surface area (Å²) in [5.74, 6) is -0.555. The third-order valence-electron chi connectivity index (χ3n) is 5.76. The number of benzene rings is 2. The van der Waals surface area contributed by atoms with Gasteiger partial charge >= 0.3 is 6.09 Å². The summed E-state index contributed by atoms with van der Waals surface area (Å²) in [6, 6.07) is 9.70. The molecule has 2 saturated heterocycles. The van der Waals surface area contributed by atoms with Gasteiger partial charge in [-0.15, -0.1) is 0 Å². The average Bonchev–Trinajstić information content (AvgIpc) is 3.07. The van der Waals surface area contributed by atoms with Crippen molar-refractivity contribution in [3.05, 3.63) is 52.4 Å². The van der Waals surface area contributed by atoms with Crippen LogP contribution in [0.15, 0.2) is 45.6 Å². The van der Waals surface area contributed by atoms with Crippen LogP contribution in [0.4, 0.5) is 14.9 Å². The molecule has 5 rings (SSSR count). The van der Waals surface area contributed by atoms with Gasteiger partial charge in [-0.2, -0.15) is 0 Å². The number of carboxylic acid groups (broad SMARTS) is 1. The van der Waals surface area contributed by atoms with Crippen LogP contribution in [0.25, 0.3) is 21.9 Å². The molecule has 0 atom stereocenters. The van der Waals surface area contributed by atoms with E-state index < -0.39 is 11.9 Å². The molecule has 1 aromatic heterocycles. The SMILES string of the molecule is O=C(O)N1CC2(CCN(c3ccc4c(=O)c5cccc(F)c5oc4c3)C2)C1. The van der Waals surface area contributed by atoms with E-state index in [2.05, 4.69) is 4.90 Å². The molecule has 0 radical (unpaired) electrons. The van der Waals surface area contributed by atoms with Crippen LogP contribution in [0.1, 0.15) is 6.42 Å². The van der Waals surface area contributed by atoms with Crippen LogP contribution in [0.3, 0.4) is 0 Å². The molecule has 0 aliphatic carbocycles. The zero-order chi connectivity index (χ0) is 18.8. The molecule has 27 heavy (non-hydrogen) atoms. The monoisotopic (exact) mass is 368 g/mol. The van der Waals surface area contributed by atoms with Crippen LogP contribution in [0.2, 0.25) is 0 Å². The summed E-state index contributed by atoms with van der Waals surface area (Å²) in [6.07, 6.45) is 0.0472. The van der Waals surface area contributed by atoms with Crippen LogP contribution >= 0.6 is 0 Å². The molecule has 3 aromatic rings. The molecule has 138 valence electrons. The molecule has 1 spiro atoms. The first-order valence-corrected chi connectivity index (χ1v) is 8.84. The summed E-state index contributed by atoms with van der Waals surface area (Å²) < 4.78 is 19.8. The molecular formula is C20H17FN2O4. The number of amides is 1. The number of carbonyl (C=O) groups is 1. The molecule has 0 unspecified atom stereocenters. The molecule has 0 bridgehead atoms. The summed E-state index contributed by atoms with van der Waals surface area (Å²) in [5, 5.41) is 9.71. The third kappa shape index (κ3) is 2.38. The van der Waals surface area contributed by atoms with Crippen molar-refractivity contribution in [2.75, 3.05) is 31.1 Å². The molecule has 1 amide bonds. The van der Waals surface area contributed by atoms with E-state index in [0.717, 1.165) is 25.2 Å². The Labute approximate surface area is 153 Å². The fourth-order valence-corrected chi connectivity index (χ4v) is 4.34. The van der Waals surface area contributed by atoms with Crippen LogP contribution in [0.5, 0.6) is 0 Å². The quantitative estimate of drug-likeness (QED) is 0.668. The van der Waals surface area contributed by atoms with Crippen molar-refractivity contribution in [2.45, 2.75) is 6.42 Å². The molecule has 6 nitrogen and oxygen atoms in total. The first-order chi connectivity index (χ1) is 13.0. The maximum Gasteiger partial charge on any atom is 0.407 e. The van der Waals surface area contributed by atoms with Gasteiger partial charge in [-0.05, 0) is 30.7 Å². The number of halogens is 1. The molecule has 2 fully saturated rings. The van der Waals surface area contributed by atoms with Crippen molar-refractivity contribution >= 4 is 33.7 Å². The topological polar surface area (TPSA) is 74.0 Å². The second-order valence-corrected chi connectivity index (χ2v) is 7.54. The van der Waals surface area contributed by atoms with Crippen LogP contribution in [0, 0.1) is 11.2 Å². The zero-order valence-electron chi connectivity index (χ0n) is 14.4. The van der Waals surface area contributed by atoms with Gasteiger partial charge in [-0.1, -0.05) is 6.07 Å². The molecule has 3 heterocycles. The summed E-state index contributed by atoms with van der Waals surface area (Å²) >= 11 is 0. The van der Waals surface area contributed by atoms with Gasteiger partial charge in [0.1, 0.15) is 5.58 Å². The van der Waals surface area contributed by atoms with Crippen molar-refractivity contribution in [1.29, 1.82) is 0 Å². The first kappa shape index (κ1) is 16.1. The van der Waals surface area contributed by atoms with Gasteiger partial charge in [0.05, 0.1) is 10.8 Å². The van der Waals surface area contributed by atoms with Gasteiger partial charge < -0.3 is 19.3 Å². The minimum atomic E-state index is -0.875. The Kier molecular flexibility index (Phi) is 3.25. The van der Waals surface area contributed by atoms with E-state index in [1.54, 1.807) is 18.2 Å². The number of nitrogens with zero attached hydrogens (tertiary/aromatic N) is 2. The Morgan fingerprint density at radius 1 is 1.15 bits per heavy atom. The lowest BCUT2D eigenvalue weighted by molar-refractivity contribution is 0.0252. The van der Waals surface area contributed by atoms with Crippen molar-refractivity contribution < 1.29 is 18.7 Å². The highest BCUT2D eigenvalue weighted by Crippen LogP contribution is 2.41. The van der Waals surface area contributed by atoms with Gasteiger partial charge in [-0.3, -0.25) is 4.79 Å². The third-order valence-corrected chi connectivity index (χ3v) is 5.76. The van der Waals surface area contributed by atoms with Gasteiger partial charge in [-0.25, -0.2) is 9.18 Å². The van der Waals surface area contributed by atoms with E-state index in [-0.39, 0.29) is 21.8 Å². The average molecular weight is 368 g/mol. The minimum absolute atomic E-state index is 0.00365. The fraction of sp³-hybridized carbons (Fsp3) is 0.300. The Morgan fingerprint density at radius 2 is 1.96 bits per heavy atom. The number of hydrogen-bond donors (Lipinski definition) is 1. The highest BCUT2D eigenvalue weighted by molar-refractivity contribution is 5.91. The number of likely N-dealkylation sites (tertiary alicyclic amines) is 1. The number of para-hydroxylation sites is 1. The van der Waals surface area contributed by atoms with Gasteiger partial charge in [0.2, 0.25) is 5.43 Å². The lowest BCUT2D eigenvalue weighted by Crippen LogP contribution is -2.59. The molecule has 7 heteroatoms. The van der Waals surface area contributed by atoms with E-state index >= 15 is 0 Å². The molecule has 2 aromatic carbocycles. The van der Waals surface area contributed by atoms with Crippen molar-refractivity contribution in [1.82, 2.24) is 4.90 Å². The molecule has 1 N–H and O–H groups in total. The summed E-state index contributed by atoms with van der Waals surface area (Å²) in [5.41, 5.74) is 0.986. The normalized spacial score (nSPS) is 18.4. The second-order valence-electron chi connectivity index (χ2n) is 7.54. The molecule has 0 saturated carbocycles. The Hall–Kier alpha value is -3.09. The summed E-state index contributed by atoms with van der Waals surface area (Å²) in [7, 11) is 0. The first-order valence-electron chi connectivity index (χ1n) is 8.84. The maximum atomic E-state index is 14.1. The van der Waals surface area contributed by atoms with Crippen LogP contribution < -0.4 is 10.3 Å². The second kappa shape index (κ2) is 5.45. The van der Waals surface area contributed by atoms with Crippen molar-refractivity contribution in [3.63, 3.8) is 0 Å². The van der Waals surface area contributed by atoms with E-state index in [9.17, 15) is 14.0 Å². The van der Waals surface area contributed by atoms with Gasteiger partial charge in [0.25, 0.3) is 0 Å². The standard InChI is InChI=1S/C20H17FN2O4/c21-15-3-1-2-14-17(24)13-5-4-12(8-16(13)27-18(14)15)22-7-6-20(9-22)10-23(11-20)19(25)26/h1-5,8H,6-7,9-11H2,(H,25,26). The van der Waals surface area contributed by atoms with E-state index in [1.807, 2.05) is 6.07 Å². The number of fused-ring (bicyclic) bond motifs is 2. The maximum absolute atomic E-state index is 14.1. The highest BCUT2D eigenvalue weighted by atomic mass is 19.1. The molecular weight excluding hydrogens is 351 g/mol. The smallest absolute Gasteiger partial charge is 0.407 e. The van der Waals surface area contributed by atoms with Crippen molar-refractivity contribution in [2.24, 2.45) is 5.41 Å². The predicted molar refractivity (Wildman–Crippen MR) is 98.8 cm³/mol. The molecule has 2 aliphatic rings. The van der Waals surface area contributed by atoms with Crippen LogP contribution in [-0.2, 0) is 0 Å². The Bertz CT molecular complexity index is 1150. The van der Waals surface area contributed by atoms with Crippen molar-refractivity contribution in [3.8, 4) is 0 Å². The minimum Gasteiger partial charge on any atom is -0.465 e. The summed E-state index contributed by atoms with van der Waals surface area (Å²) in [6.45, 7) is 2.67. The van der Waals surface area contributed by atoms with E-state index in [0.29, 0.717) is 24.1 Å². The number of rotatable bonds is 1. The number of hydrogen-bond acceptors (Lipinski definition) is 4. The predicted octanol–water partition coefficient (Wildman–Crippen LogP) is 3.28. The van der Waals surface area contributed by atoms with Crippen LogP contribution in [-0.4, -0.2) is 42.3 Å². The molecule has 2 aliphatic heterocycles. The van der Waals surface area contributed by atoms with Gasteiger partial charge in [0.15, 0.2) is 11.4 Å². The summed E-state index contributed by atoms with van der Waals surface area (Å²) in [4.78, 5) is 27.3. The van der Waals surface area contributed by atoms with E-state index in [1.165, 1.54) is 17.0 Å². The van der Waals surface area contributed by atoms with Gasteiger partial charge in [0, 0.05) is 43.3 Å².